The molecule has 0 aromatic carbocycles. The van der Waals surface area contributed by atoms with Gasteiger partial charge in [0.1, 0.15) is 6.54 Å². The molecule has 0 bridgehead atoms. The summed E-state index contributed by atoms with van der Waals surface area (Å²) in [4.78, 5) is 0. The van der Waals surface area contributed by atoms with Gasteiger partial charge < -0.3 is 18.5 Å². The molecule has 0 aromatic rings. The van der Waals surface area contributed by atoms with Gasteiger partial charge in [0.25, 0.3) is 0 Å². The lowest BCUT2D eigenvalue weighted by molar-refractivity contribution is -0.925. The van der Waals surface area contributed by atoms with Crippen molar-refractivity contribution in [2.45, 2.75) is 27.2 Å². The average molecular weight is 311 g/mol. The maximum atomic E-state index is 10.7. The van der Waals surface area contributed by atoms with Crippen LogP contribution in [0.1, 0.15) is 27.2 Å². The molecular formula is C13H29NO5S. The van der Waals surface area contributed by atoms with Crippen molar-refractivity contribution in [3.05, 3.63) is 0 Å². The maximum Gasteiger partial charge on any atom is 0.102 e. The van der Waals surface area contributed by atoms with Crippen molar-refractivity contribution >= 4 is 10.1 Å². The highest BCUT2D eigenvalue weighted by atomic mass is 32.2. The van der Waals surface area contributed by atoms with Crippen molar-refractivity contribution < 1.29 is 26.9 Å². The van der Waals surface area contributed by atoms with Crippen molar-refractivity contribution in [2.75, 3.05) is 58.4 Å². The summed E-state index contributed by atoms with van der Waals surface area (Å²) < 4.78 is 43.5. The molecule has 0 rings (SSSR count). The van der Waals surface area contributed by atoms with Crippen molar-refractivity contribution in [3.63, 3.8) is 0 Å². The lowest BCUT2D eigenvalue weighted by Gasteiger charge is -2.37. The molecule has 0 aromatic heterocycles. The Kier molecular flexibility index (Phi) is 10.4. The van der Waals surface area contributed by atoms with Crippen molar-refractivity contribution in [2.24, 2.45) is 0 Å². The Morgan fingerprint density at radius 1 is 0.950 bits per heavy atom. The quantitative estimate of drug-likeness (QED) is 0.286. The highest BCUT2D eigenvalue weighted by Gasteiger charge is 2.22. The van der Waals surface area contributed by atoms with Crippen LogP contribution in [0.5, 0.6) is 0 Å². The average Bonchev–Trinajstić information content (AvgIpc) is 2.39. The van der Waals surface area contributed by atoms with E-state index in [1.165, 1.54) is 0 Å². The smallest absolute Gasteiger partial charge is 0.102 e. The molecule has 0 unspecified atom stereocenters. The zero-order valence-electron chi connectivity index (χ0n) is 13.0. The lowest BCUT2D eigenvalue weighted by atomic mass is 10.3. The van der Waals surface area contributed by atoms with Crippen LogP contribution in [0.15, 0.2) is 0 Å². The summed E-state index contributed by atoms with van der Waals surface area (Å²) in [5, 5.41) is 0. The third kappa shape index (κ3) is 9.66. The second kappa shape index (κ2) is 10.5. The first-order valence-corrected chi connectivity index (χ1v) is 8.91. The Labute approximate surface area is 123 Å². The summed E-state index contributed by atoms with van der Waals surface area (Å²) >= 11 is 0. The van der Waals surface area contributed by atoms with Crippen LogP contribution in [0.2, 0.25) is 0 Å². The molecule has 0 aliphatic carbocycles. The Morgan fingerprint density at radius 2 is 1.55 bits per heavy atom. The summed E-state index contributed by atoms with van der Waals surface area (Å²) in [6.07, 6.45) is 0.409. The van der Waals surface area contributed by atoms with E-state index in [-0.39, 0.29) is 5.75 Å². The summed E-state index contributed by atoms with van der Waals surface area (Å²) in [6, 6.07) is 0. The number of rotatable bonds is 13. The van der Waals surface area contributed by atoms with E-state index >= 15 is 0 Å². The third-order valence-electron chi connectivity index (χ3n) is 3.65. The number of quaternary nitrogens is 1. The summed E-state index contributed by atoms with van der Waals surface area (Å²) in [5.74, 6) is -0.280. The van der Waals surface area contributed by atoms with Gasteiger partial charge in [-0.1, -0.05) is 0 Å². The SMILES string of the molecule is CCOCCOCC[N+](CC)(CC)CCCS(=O)(=O)[O-]. The highest BCUT2D eigenvalue weighted by Crippen LogP contribution is 2.08. The highest BCUT2D eigenvalue weighted by molar-refractivity contribution is 7.85. The fourth-order valence-corrected chi connectivity index (χ4v) is 2.65. The Bertz CT molecular complexity index is 328. The maximum absolute atomic E-state index is 10.7. The van der Waals surface area contributed by atoms with Crippen LogP contribution in [-0.2, 0) is 19.6 Å². The second-order valence-corrected chi connectivity index (χ2v) is 6.37. The van der Waals surface area contributed by atoms with E-state index in [1.807, 2.05) is 6.92 Å². The molecule has 0 radical (unpaired) electrons. The van der Waals surface area contributed by atoms with Gasteiger partial charge in [-0.25, -0.2) is 8.42 Å². The largest absolute Gasteiger partial charge is 0.748 e. The fraction of sp³-hybridized carbons (Fsp3) is 1.00. The van der Waals surface area contributed by atoms with E-state index in [1.54, 1.807) is 0 Å². The van der Waals surface area contributed by atoms with E-state index in [2.05, 4.69) is 13.8 Å². The molecular weight excluding hydrogens is 282 g/mol. The topological polar surface area (TPSA) is 75.7 Å². The standard InChI is InChI=1S/C13H29NO5S/c1-4-14(5-2,8-7-13-20(15,16)17)9-10-19-12-11-18-6-3/h4-13H2,1-3H3. The molecule has 0 atom stereocenters. The van der Waals surface area contributed by atoms with Crippen LogP contribution in [0, 0.1) is 0 Å². The molecule has 6 nitrogen and oxygen atoms in total. The van der Waals surface area contributed by atoms with Crippen LogP contribution in [-0.4, -0.2) is 75.8 Å². The minimum absolute atomic E-state index is 0.280. The Hall–Kier alpha value is -0.210. The van der Waals surface area contributed by atoms with Crippen molar-refractivity contribution in [1.29, 1.82) is 0 Å². The van der Waals surface area contributed by atoms with Gasteiger partial charge in [0.2, 0.25) is 0 Å². The van der Waals surface area contributed by atoms with Crippen molar-refractivity contribution in [1.82, 2.24) is 0 Å². The molecule has 0 saturated heterocycles. The zero-order valence-corrected chi connectivity index (χ0v) is 13.8. The molecule has 0 aliphatic heterocycles. The first kappa shape index (κ1) is 19.8. The molecule has 0 aliphatic rings. The van der Waals surface area contributed by atoms with Crippen LogP contribution >= 0.6 is 0 Å². The van der Waals surface area contributed by atoms with E-state index in [0.29, 0.717) is 39.4 Å². The first-order valence-electron chi connectivity index (χ1n) is 7.33. The van der Waals surface area contributed by atoms with Crippen LogP contribution in [0.25, 0.3) is 0 Å². The molecule has 0 N–H and O–H groups in total. The van der Waals surface area contributed by atoms with Gasteiger partial charge >= 0.3 is 0 Å². The van der Waals surface area contributed by atoms with E-state index in [4.69, 9.17) is 9.47 Å². The van der Waals surface area contributed by atoms with Gasteiger partial charge in [0.05, 0.1) is 49.6 Å². The summed E-state index contributed by atoms with van der Waals surface area (Å²) in [5.41, 5.74) is 0. The monoisotopic (exact) mass is 311 g/mol. The van der Waals surface area contributed by atoms with E-state index < -0.39 is 10.1 Å². The number of hydrogen-bond acceptors (Lipinski definition) is 5. The zero-order chi connectivity index (χ0) is 15.5. The molecule has 7 heteroatoms. The van der Waals surface area contributed by atoms with Gasteiger partial charge in [-0.05, 0) is 20.8 Å². The van der Waals surface area contributed by atoms with E-state index in [0.717, 1.165) is 24.1 Å². The Balaban J connectivity index is 4.04. The van der Waals surface area contributed by atoms with Crippen LogP contribution in [0.3, 0.4) is 0 Å². The summed E-state index contributed by atoms with van der Waals surface area (Å²) in [7, 11) is -4.11. The minimum atomic E-state index is -4.11. The molecule has 20 heavy (non-hydrogen) atoms. The van der Waals surface area contributed by atoms with E-state index in [9.17, 15) is 13.0 Å². The summed E-state index contributed by atoms with van der Waals surface area (Å²) in [6.45, 7) is 11.9. The molecule has 0 fully saturated rings. The molecule has 122 valence electrons. The molecule has 0 spiro atoms. The molecule has 0 amide bonds. The molecule has 0 saturated carbocycles. The van der Waals surface area contributed by atoms with Crippen LogP contribution < -0.4 is 0 Å². The number of likely N-dealkylation sites (N-methyl/N-ethyl adjacent to an activating group) is 1. The number of ether oxygens (including phenoxy) is 2. The number of nitrogens with zero attached hydrogens (tertiary/aromatic N) is 1. The molecule has 0 heterocycles. The number of hydrogen-bond donors (Lipinski definition) is 0. The van der Waals surface area contributed by atoms with Gasteiger partial charge in [-0.3, -0.25) is 0 Å². The first-order chi connectivity index (χ1) is 9.39. The van der Waals surface area contributed by atoms with Crippen molar-refractivity contribution in [3.8, 4) is 0 Å². The lowest BCUT2D eigenvalue weighted by Crippen LogP contribution is -2.50. The predicted molar refractivity (Wildman–Crippen MR) is 77.6 cm³/mol. The Morgan fingerprint density at radius 3 is 2.05 bits per heavy atom. The van der Waals surface area contributed by atoms with Gasteiger partial charge in [0, 0.05) is 18.8 Å². The van der Waals surface area contributed by atoms with Crippen LogP contribution in [0.4, 0.5) is 0 Å². The predicted octanol–water partition coefficient (Wildman–Crippen LogP) is 0.831. The minimum Gasteiger partial charge on any atom is -0.748 e. The van der Waals surface area contributed by atoms with Gasteiger partial charge in [-0.15, -0.1) is 0 Å². The third-order valence-corrected chi connectivity index (χ3v) is 4.44. The second-order valence-electron chi connectivity index (χ2n) is 4.85. The van der Waals surface area contributed by atoms with Gasteiger partial charge in [0.15, 0.2) is 0 Å². The normalized spacial score (nSPS) is 12.8. The fourth-order valence-electron chi connectivity index (χ4n) is 2.17. The van der Waals surface area contributed by atoms with Gasteiger partial charge in [-0.2, -0.15) is 0 Å².